The number of phenols is 1. The van der Waals surface area contributed by atoms with Crippen LogP contribution in [0.2, 0.25) is 5.02 Å². The van der Waals surface area contributed by atoms with Gasteiger partial charge in [0.15, 0.2) is 5.82 Å². The van der Waals surface area contributed by atoms with Crippen LogP contribution in [-0.2, 0) is 11.2 Å². The molecule has 116 valence electrons. The van der Waals surface area contributed by atoms with Crippen LogP contribution in [0, 0.1) is 0 Å². The minimum Gasteiger partial charge on any atom is -0.506 e. The van der Waals surface area contributed by atoms with Gasteiger partial charge < -0.3 is 10.2 Å². The Kier molecular flexibility index (Phi) is 3.94. The number of hydrogen-bond donors (Lipinski definition) is 2. The molecular weight excluding hydrogens is 320 g/mol. The first kappa shape index (κ1) is 15.0. The van der Waals surface area contributed by atoms with Crippen LogP contribution in [0.3, 0.4) is 0 Å². The highest BCUT2D eigenvalue weighted by Crippen LogP contribution is 2.29. The fourth-order valence-corrected chi connectivity index (χ4v) is 2.23. The van der Waals surface area contributed by atoms with Crippen molar-refractivity contribution in [1.82, 2.24) is 9.38 Å². The second-order valence-corrected chi connectivity index (χ2v) is 5.15. The molecule has 0 radical (unpaired) electrons. The number of phenolic OH excluding ortho intramolecular Hbond substituents is 1. The molecule has 0 saturated carbocycles. The van der Waals surface area contributed by atoms with Crippen molar-refractivity contribution in [3.05, 3.63) is 53.3 Å². The zero-order valence-electron chi connectivity index (χ0n) is 11.7. The average molecular weight is 331 g/mol. The highest BCUT2D eigenvalue weighted by atomic mass is 35.5. The number of pyridine rings is 1. The molecule has 1 aromatic carbocycles. The predicted octanol–water partition coefficient (Wildman–Crippen LogP) is 3.74. The zero-order valence-corrected chi connectivity index (χ0v) is 12.5. The van der Waals surface area contributed by atoms with E-state index in [1.54, 1.807) is 40.9 Å². The number of carboxylic acid groups (broad SMARTS) is 1. The molecule has 8 heteroatoms. The van der Waals surface area contributed by atoms with Crippen molar-refractivity contribution in [3.63, 3.8) is 0 Å². The van der Waals surface area contributed by atoms with Crippen LogP contribution in [0.4, 0.5) is 11.5 Å². The molecule has 2 heterocycles. The quantitative estimate of drug-likeness (QED) is 0.712. The van der Waals surface area contributed by atoms with Crippen molar-refractivity contribution >= 4 is 34.7 Å². The van der Waals surface area contributed by atoms with E-state index in [-0.39, 0.29) is 29.4 Å². The highest BCUT2D eigenvalue weighted by molar-refractivity contribution is 6.30. The number of para-hydroxylation sites is 1. The van der Waals surface area contributed by atoms with Crippen molar-refractivity contribution < 1.29 is 15.0 Å². The zero-order chi connectivity index (χ0) is 16.4. The lowest BCUT2D eigenvalue weighted by atomic mass is 10.3. The minimum absolute atomic E-state index is 0.0251. The third-order valence-electron chi connectivity index (χ3n) is 3.08. The number of benzene rings is 1. The maximum Gasteiger partial charge on any atom is 0.309 e. The number of hydrogen-bond acceptors (Lipinski definition) is 5. The topological polar surface area (TPSA) is 99.5 Å². The SMILES string of the molecule is O=C(O)Cc1nc2ccc(Cl)cn2c1N=Nc1ccccc1O. The second kappa shape index (κ2) is 6.05. The van der Waals surface area contributed by atoms with Crippen LogP contribution in [0.25, 0.3) is 5.65 Å². The summed E-state index contributed by atoms with van der Waals surface area (Å²) in [6, 6.07) is 9.75. The summed E-state index contributed by atoms with van der Waals surface area (Å²) in [7, 11) is 0. The van der Waals surface area contributed by atoms with E-state index in [0.717, 1.165) is 0 Å². The Labute approximate surface area is 135 Å². The van der Waals surface area contributed by atoms with Gasteiger partial charge in [-0.15, -0.1) is 10.2 Å². The number of nitrogens with zero attached hydrogens (tertiary/aromatic N) is 4. The van der Waals surface area contributed by atoms with E-state index in [0.29, 0.717) is 10.7 Å². The van der Waals surface area contributed by atoms with Gasteiger partial charge in [-0.05, 0) is 24.3 Å². The third kappa shape index (κ3) is 3.14. The lowest BCUT2D eigenvalue weighted by molar-refractivity contribution is -0.136. The summed E-state index contributed by atoms with van der Waals surface area (Å²) in [6.07, 6.45) is 1.28. The molecule has 3 rings (SSSR count). The van der Waals surface area contributed by atoms with Gasteiger partial charge in [0, 0.05) is 6.20 Å². The number of carboxylic acids is 1. The fraction of sp³-hybridized carbons (Fsp3) is 0.0667. The number of aliphatic carboxylic acids is 1. The number of fused-ring (bicyclic) bond motifs is 1. The molecule has 2 aromatic heterocycles. The summed E-state index contributed by atoms with van der Waals surface area (Å²) in [5.74, 6) is -0.797. The molecule has 3 aromatic rings. The lowest BCUT2D eigenvalue weighted by Gasteiger charge is -1.99. The number of aromatic nitrogens is 2. The van der Waals surface area contributed by atoms with Gasteiger partial charge in [0.05, 0.1) is 17.1 Å². The Balaban J connectivity index is 2.12. The van der Waals surface area contributed by atoms with Crippen molar-refractivity contribution in [2.45, 2.75) is 6.42 Å². The van der Waals surface area contributed by atoms with Crippen molar-refractivity contribution in [1.29, 1.82) is 0 Å². The van der Waals surface area contributed by atoms with Gasteiger partial charge in [-0.3, -0.25) is 9.20 Å². The van der Waals surface area contributed by atoms with Crippen LogP contribution in [0.1, 0.15) is 5.69 Å². The van der Waals surface area contributed by atoms with Crippen molar-refractivity contribution in [2.24, 2.45) is 10.2 Å². The largest absolute Gasteiger partial charge is 0.506 e. The monoisotopic (exact) mass is 330 g/mol. The molecule has 0 spiro atoms. The summed E-state index contributed by atoms with van der Waals surface area (Å²) in [6.45, 7) is 0. The standard InChI is InChI=1S/C15H11ClN4O3/c16-9-5-6-13-17-11(7-14(22)23)15(20(13)8-9)19-18-10-3-1-2-4-12(10)21/h1-6,8,21H,7H2,(H,22,23). The Hall–Kier alpha value is -2.93. The van der Waals surface area contributed by atoms with E-state index in [1.165, 1.54) is 6.07 Å². The first-order chi connectivity index (χ1) is 11.0. The highest BCUT2D eigenvalue weighted by Gasteiger charge is 2.15. The van der Waals surface area contributed by atoms with Crippen LogP contribution >= 0.6 is 11.6 Å². The van der Waals surface area contributed by atoms with Crippen molar-refractivity contribution in [3.8, 4) is 5.75 Å². The second-order valence-electron chi connectivity index (χ2n) is 4.72. The summed E-state index contributed by atoms with van der Waals surface area (Å²) in [5.41, 5.74) is 1.04. The summed E-state index contributed by atoms with van der Waals surface area (Å²) in [5, 5.41) is 27.2. The molecule has 0 aliphatic carbocycles. The van der Waals surface area contributed by atoms with Crippen LogP contribution in [-0.4, -0.2) is 25.6 Å². The van der Waals surface area contributed by atoms with Crippen LogP contribution in [0.15, 0.2) is 52.8 Å². The lowest BCUT2D eigenvalue weighted by Crippen LogP contribution is -2.00. The smallest absolute Gasteiger partial charge is 0.309 e. The number of halogens is 1. The van der Waals surface area contributed by atoms with Crippen molar-refractivity contribution in [2.75, 3.05) is 0 Å². The molecule has 0 aliphatic rings. The van der Waals surface area contributed by atoms with Gasteiger partial charge in [-0.1, -0.05) is 23.7 Å². The van der Waals surface area contributed by atoms with Gasteiger partial charge in [-0.2, -0.15) is 0 Å². The van der Waals surface area contributed by atoms with E-state index < -0.39 is 5.97 Å². The van der Waals surface area contributed by atoms with Gasteiger partial charge in [0.25, 0.3) is 0 Å². The molecular formula is C15H11ClN4O3. The maximum atomic E-state index is 11.0. The first-order valence-electron chi connectivity index (χ1n) is 6.62. The number of aromatic hydroxyl groups is 1. The number of azo groups is 1. The minimum atomic E-state index is -1.03. The van der Waals surface area contributed by atoms with Crippen LogP contribution < -0.4 is 0 Å². The number of rotatable bonds is 4. The van der Waals surface area contributed by atoms with Gasteiger partial charge in [0.2, 0.25) is 0 Å². The van der Waals surface area contributed by atoms with Gasteiger partial charge >= 0.3 is 5.97 Å². The van der Waals surface area contributed by atoms with E-state index in [2.05, 4.69) is 15.2 Å². The van der Waals surface area contributed by atoms with Gasteiger partial charge in [-0.25, -0.2) is 4.98 Å². The average Bonchev–Trinajstić information content (AvgIpc) is 2.82. The maximum absolute atomic E-state index is 11.0. The molecule has 0 bridgehead atoms. The molecule has 0 atom stereocenters. The Morgan fingerprint density at radius 3 is 2.74 bits per heavy atom. The Bertz CT molecular complexity index is 920. The number of carbonyl (C=O) groups is 1. The third-order valence-corrected chi connectivity index (χ3v) is 3.30. The summed E-state index contributed by atoms with van der Waals surface area (Å²) in [4.78, 5) is 15.2. The van der Waals surface area contributed by atoms with E-state index >= 15 is 0 Å². The fourth-order valence-electron chi connectivity index (χ4n) is 2.07. The molecule has 0 aliphatic heterocycles. The molecule has 0 fully saturated rings. The molecule has 2 N–H and O–H groups in total. The summed E-state index contributed by atoms with van der Waals surface area (Å²) < 4.78 is 1.56. The Morgan fingerprint density at radius 1 is 1.22 bits per heavy atom. The molecule has 0 amide bonds. The molecule has 23 heavy (non-hydrogen) atoms. The normalized spacial score (nSPS) is 11.3. The van der Waals surface area contributed by atoms with E-state index in [9.17, 15) is 9.90 Å². The molecule has 0 unspecified atom stereocenters. The van der Waals surface area contributed by atoms with E-state index in [1.807, 2.05) is 0 Å². The van der Waals surface area contributed by atoms with Gasteiger partial charge in [0.1, 0.15) is 17.1 Å². The molecule has 0 saturated heterocycles. The van der Waals surface area contributed by atoms with E-state index in [4.69, 9.17) is 16.7 Å². The molecule has 7 nitrogen and oxygen atoms in total. The number of imidazole rings is 1. The summed E-state index contributed by atoms with van der Waals surface area (Å²) >= 11 is 5.97. The Morgan fingerprint density at radius 2 is 2.00 bits per heavy atom. The van der Waals surface area contributed by atoms with Crippen LogP contribution in [0.5, 0.6) is 5.75 Å². The first-order valence-corrected chi connectivity index (χ1v) is 7.00. The predicted molar refractivity (Wildman–Crippen MR) is 83.8 cm³/mol.